The van der Waals surface area contributed by atoms with Crippen LogP contribution >= 0.6 is 0 Å². The van der Waals surface area contributed by atoms with Gasteiger partial charge in [0.05, 0.1) is 18.4 Å². The van der Waals surface area contributed by atoms with Gasteiger partial charge in [-0.15, -0.1) is 0 Å². The first kappa shape index (κ1) is 10.4. The van der Waals surface area contributed by atoms with Gasteiger partial charge in [-0.1, -0.05) is 6.08 Å². The summed E-state index contributed by atoms with van der Waals surface area (Å²) in [5.74, 6) is -1.22. The standard InChI is InChI=1S/C10H10FNO2/c1-3-7-8(11)4-6(5-9(7)12)10(13)14-2/h3-5,12H,1-2H3/b7-3-,12-9?. The van der Waals surface area contributed by atoms with E-state index in [9.17, 15) is 9.18 Å². The molecule has 0 spiro atoms. The Morgan fingerprint density at radius 2 is 2.21 bits per heavy atom. The van der Waals surface area contributed by atoms with Gasteiger partial charge >= 0.3 is 5.97 Å². The lowest BCUT2D eigenvalue weighted by atomic mass is 9.99. The molecule has 0 bridgehead atoms. The number of hydrogen-bond donors (Lipinski definition) is 1. The van der Waals surface area contributed by atoms with E-state index >= 15 is 0 Å². The predicted molar refractivity (Wildman–Crippen MR) is 50.8 cm³/mol. The zero-order chi connectivity index (χ0) is 10.7. The lowest BCUT2D eigenvalue weighted by Crippen LogP contribution is -2.11. The fourth-order valence-electron chi connectivity index (χ4n) is 1.15. The number of nitrogens with one attached hydrogen (secondary N) is 1. The minimum atomic E-state index is -0.639. The molecule has 0 unspecified atom stereocenters. The summed E-state index contributed by atoms with van der Waals surface area (Å²) >= 11 is 0. The Morgan fingerprint density at radius 3 is 2.64 bits per heavy atom. The van der Waals surface area contributed by atoms with E-state index in [0.717, 1.165) is 6.08 Å². The third-order valence-corrected chi connectivity index (χ3v) is 1.84. The van der Waals surface area contributed by atoms with Crippen molar-refractivity contribution in [3.8, 4) is 0 Å². The molecule has 0 saturated heterocycles. The van der Waals surface area contributed by atoms with Gasteiger partial charge in [0.25, 0.3) is 0 Å². The van der Waals surface area contributed by atoms with Crippen LogP contribution in [0.3, 0.4) is 0 Å². The molecule has 3 nitrogen and oxygen atoms in total. The lowest BCUT2D eigenvalue weighted by molar-refractivity contribution is -0.135. The van der Waals surface area contributed by atoms with Crippen LogP contribution < -0.4 is 0 Å². The number of hydrogen-bond acceptors (Lipinski definition) is 3. The van der Waals surface area contributed by atoms with E-state index in [4.69, 9.17) is 5.41 Å². The number of rotatable bonds is 1. The van der Waals surface area contributed by atoms with Gasteiger partial charge in [-0.2, -0.15) is 0 Å². The Hall–Kier alpha value is -1.71. The first-order valence-electron chi connectivity index (χ1n) is 4.03. The molecule has 0 heterocycles. The molecule has 0 radical (unpaired) electrons. The highest BCUT2D eigenvalue weighted by Crippen LogP contribution is 2.22. The van der Waals surface area contributed by atoms with Crippen LogP contribution in [0.1, 0.15) is 6.92 Å². The van der Waals surface area contributed by atoms with Crippen LogP contribution in [-0.4, -0.2) is 18.8 Å². The highest BCUT2D eigenvalue weighted by atomic mass is 19.1. The highest BCUT2D eigenvalue weighted by Gasteiger charge is 2.19. The minimum absolute atomic E-state index is 0.0205. The van der Waals surface area contributed by atoms with Gasteiger partial charge in [-0.25, -0.2) is 9.18 Å². The van der Waals surface area contributed by atoms with Crippen molar-refractivity contribution in [1.82, 2.24) is 0 Å². The Kier molecular flexibility index (Phi) is 2.96. The molecule has 0 aromatic rings. The number of carbonyl (C=O) groups is 1. The summed E-state index contributed by atoms with van der Waals surface area (Å²) in [5, 5.41) is 7.44. The molecule has 0 fully saturated rings. The average Bonchev–Trinajstić information content (AvgIpc) is 2.16. The van der Waals surface area contributed by atoms with Crippen molar-refractivity contribution >= 4 is 11.7 Å². The fourth-order valence-corrected chi connectivity index (χ4v) is 1.15. The number of halogens is 1. The van der Waals surface area contributed by atoms with Crippen molar-refractivity contribution in [1.29, 1.82) is 5.41 Å². The first-order chi connectivity index (χ1) is 6.60. The molecule has 0 amide bonds. The van der Waals surface area contributed by atoms with Crippen LogP contribution in [-0.2, 0) is 9.53 Å². The second-order valence-electron chi connectivity index (χ2n) is 2.70. The molecule has 0 aromatic heterocycles. The second kappa shape index (κ2) is 4.00. The summed E-state index contributed by atoms with van der Waals surface area (Å²) in [6.07, 6.45) is 3.84. The van der Waals surface area contributed by atoms with Gasteiger partial charge in [-0.05, 0) is 19.1 Å². The first-order valence-corrected chi connectivity index (χ1v) is 4.03. The van der Waals surface area contributed by atoms with E-state index in [0.29, 0.717) is 0 Å². The third kappa shape index (κ3) is 1.79. The quantitative estimate of drug-likeness (QED) is 0.650. The Bertz CT molecular complexity index is 378. The molecule has 0 aliphatic heterocycles. The van der Waals surface area contributed by atoms with E-state index in [1.54, 1.807) is 6.92 Å². The highest BCUT2D eigenvalue weighted by molar-refractivity contribution is 6.15. The van der Waals surface area contributed by atoms with Crippen LogP contribution in [0.4, 0.5) is 4.39 Å². The molecule has 1 aliphatic rings. The van der Waals surface area contributed by atoms with E-state index in [-0.39, 0.29) is 16.9 Å². The number of ether oxygens (including phenoxy) is 1. The molecule has 0 aromatic carbocycles. The molecule has 4 heteroatoms. The Labute approximate surface area is 81.1 Å². The van der Waals surface area contributed by atoms with Crippen LogP contribution in [0.25, 0.3) is 0 Å². The molecule has 74 valence electrons. The Balaban J connectivity index is 3.08. The zero-order valence-corrected chi connectivity index (χ0v) is 7.93. The maximum absolute atomic E-state index is 13.2. The second-order valence-corrected chi connectivity index (χ2v) is 2.70. The summed E-state index contributed by atoms with van der Waals surface area (Å²) in [6, 6.07) is 0. The summed E-state index contributed by atoms with van der Waals surface area (Å²) in [7, 11) is 1.21. The topological polar surface area (TPSA) is 50.2 Å². The van der Waals surface area contributed by atoms with Gasteiger partial charge in [0, 0.05) is 5.57 Å². The lowest BCUT2D eigenvalue weighted by Gasteiger charge is -2.10. The molecule has 1 aliphatic carbocycles. The van der Waals surface area contributed by atoms with Crippen molar-refractivity contribution in [2.24, 2.45) is 0 Å². The summed E-state index contributed by atoms with van der Waals surface area (Å²) in [6.45, 7) is 1.63. The molecule has 1 rings (SSSR count). The van der Waals surface area contributed by atoms with Gasteiger partial charge in [0.15, 0.2) is 0 Å². The van der Waals surface area contributed by atoms with E-state index < -0.39 is 11.8 Å². The Morgan fingerprint density at radius 1 is 1.57 bits per heavy atom. The van der Waals surface area contributed by atoms with Crippen LogP contribution in [0.5, 0.6) is 0 Å². The van der Waals surface area contributed by atoms with E-state index in [1.165, 1.54) is 19.3 Å². The van der Waals surface area contributed by atoms with E-state index in [2.05, 4.69) is 4.74 Å². The summed E-state index contributed by atoms with van der Waals surface area (Å²) < 4.78 is 17.7. The summed E-state index contributed by atoms with van der Waals surface area (Å²) in [4.78, 5) is 11.0. The van der Waals surface area contributed by atoms with Gasteiger partial charge < -0.3 is 10.1 Å². The molecular weight excluding hydrogens is 185 g/mol. The van der Waals surface area contributed by atoms with Crippen LogP contribution in [0.2, 0.25) is 0 Å². The SMILES string of the molecule is C/C=C1\C(=N)C=C(C(=O)OC)C=C1F. The number of allylic oxidation sites excluding steroid dienone is 4. The molecule has 0 atom stereocenters. The summed E-state index contributed by atoms with van der Waals surface area (Å²) in [5.41, 5.74) is 0.228. The fraction of sp³-hybridized carbons (Fsp3) is 0.200. The van der Waals surface area contributed by atoms with Crippen molar-refractivity contribution in [2.75, 3.05) is 7.11 Å². The predicted octanol–water partition coefficient (Wildman–Crippen LogP) is 1.92. The van der Waals surface area contributed by atoms with Gasteiger partial charge in [0.2, 0.25) is 0 Å². The number of methoxy groups -OCH3 is 1. The van der Waals surface area contributed by atoms with Crippen LogP contribution in [0, 0.1) is 5.41 Å². The molecule has 1 N–H and O–H groups in total. The van der Waals surface area contributed by atoms with E-state index in [1.807, 2.05) is 0 Å². The van der Waals surface area contributed by atoms with Gasteiger partial charge in [-0.3, -0.25) is 0 Å². The monoisotopic (exact) mass is 195 g/mol. The van der Waals surface area contributed by atoms with Crippen molar-refractivity contribution < 1.29 is 13.9 Å². The molecular formula is C10H10FNO2. The van der Waals surface area contributed by atoms with Crippen LogP contribution in [0.15, 0.2) is 35.2 Å². The smallest absolute Gasteiger partial charge is 0.338 e. The van der Waals surface area contributed by atoms with Crippen molar-refractivity contribution in [3.05, 3.63) is 35.2 Å². The van der Waals surface area contributed by atoms with Crippen molar-refractivity contribution in [3.63, 3.8) is 0 Å². The average molecular weight is 195 g/mol. The number of esters is 1. The molecule has 14 heavy (non-hydrogen) atoms. The maximum atomic E-state index is 13.2. The maximum Gasteiger partial charge on any atom is 0.338 e. The number of carbonyl (C=O) groups excluding carboxylic acids is 1. The van der Waals surface area contributed by atoms with Gasteiger partial charge in [0.1, 0.15) is 5.83 Å². The zero-order valence-electron chi connectivity index (χ0n) is 7.93. The minimum Gasteiger partial charge on any atom is -0.465 e. The largest absolute Gasteiger partial charge is 0.465 e. The third-order valence-electron chi connectivity index (χ3n) is 1.84. The molecule has 0 saturated carbocycles. The van der Waals surface area contributed by atoms with Crippen molar-refractivity contribution in [2.45, 2.75) is 6.92 Å². The normalized spacial score (nSPS) is 19.1.